The van der Waals surface area contributed by atoms with E-state index < -0.39 is 11.6 Å². The van der Waals surface area contributed by atoms with E-state index in [1.165, 1.54) is 23.8 Å². The number of nitrogens with zero attached hydrogens (tertiary/aromatic N) is 2. The van der Waals surface area contributed by atoms with E-state index in [0.717, 1.165) is 38.9 Å². The number of benzene rings is 1. The van der Waals surface area contributed by atoms with Crippen molar-refractivity contribution in [3.05, 3.63) is 65.5 Å². The Hall–Kier alpha value is -1.81. The molecule has 1 fully saturated rings. The fourth-order valence-corrected chi connectivity index (χ4v) is 3.40. The fraction of sp³-hybridized carbons (Fsp3) is 0.421. The molecule has 1 aromatic carbocycles. The lowest BCUT2D eigenvalue weighted by Gasteiger charge is -2.32. The van der Waals surface area contributed by atoms with Crippen LogP contribution in [0, 0.1) is 17.6 Å². The van der Waals surface area contributed by atoms with Crippen molar-refractivity contribution in [1.82, 2.24) is 9.88 Å². The minimum Gasteiger partial charge on any atom is -0.299 e. The first-order valence-electron chi connectivity index (χ1n) is 8.26. The predicted octanol–water partition coefficient (Wildman–Crippen LogP) is 4.20. The topological polar surface area (TPSA) is 16.1 Å². The Morgan fingerprint density at radius 3 is 2.70 bits per heavy atom. The summed E-state index contributed by atoms with van der Waals surface area (Å²) >= 11 is 0. The summed E-state index contributed by atoms with van der Waals surface area (Å²) in [6, 6.07) is 8.15. The number of rotatable bonds is 5. The number of halogens is 2. The smallest absolute Gasteiger partial charge is 0.129 e. The molecular formula is C19H22F2N2. The summed E-state index contributed by atoms with van der Waals surface area (Å²) in [4.78, 5) is 6.57. The van der Waals surface area contributed by atoms with Gasteiger partial charge in [-0.25, -0.2) is 8.78 Å². The van der Waals surface area contributed by atoms with E-state index in [0.29, 0.717) is 12.3 Å². The molecule has 23 heavy (non-hydrogen) atoms. The van der Waals surface area contributed by atoms with Crippen LogP contribution in [0.5, 0.6) is 0 Å². The second-order valence-corrected chi connectivity index (χ2v) is 6.34. The Balaban J connectivity index is 1.55. The van der Waals surface area contributed by atoms with Gasteiger partial charge < -0.3 is 0 Å². The molecule has 2 aromatic rings. The van der Waals surface area contributed by atoms with Crippen molar-refractivity contribution < 1.29 is 8.78 Å². The SMILES string of the molecule is Fc1cccc(F)c1CC[C@H]1CCCN(Cc2cccnc2)C1. The monoisotopic (exact) mass is 316 g/mol. The lowest BCUT2D eigenvalue weighted by Crippen LogP contribution is -2.35. The summed E-state index contributed by atoms with van der Waals surface area (Å²) in [5.74, 6) is -0.347. The Labute approximate surface area is 136 Å². The van der Waals surface area contributed by atoms with Crippen LogP contribution in [-0.4, -0.2) is 23.0 Å². The normalized spacial score (nSPS) is 19.0. The van der Waals surface area contributed by atoms with Crippen molar-refractivity contribution in [3.8, 4) is 0 Å². The van der Waals surface area contributed by atoms with Crippen LogP contribution in [0.1, 0.15) is 30.4 Å². The van der Waals surface area contributed by atoms with E-state index >= 15 is 0 Å². The van der Waals surface area contributed by atoms with Crippen LogP contribution in [0.15, 0.2) is 42.7 Å². The van der Waals surface area contributed by atoms with Crippen molar-refractivity contribution in [2.45, 2.75) is 32.2 Å². The quantitative estimate of drug-likeness (QED) is 0.821. The van der Waals surface area contributed by atoms with E-state index in [-0.39, 0.29) is 5.56 Å². The third-order valence-corrected chi connectivity index (χ3v) is 4.60. The number of piperidine rings is 1. The molecule has 122 valence electrons. The van der Waals surface area contributed by atoms with Crippen LogP contribution in [0.25, 0.3) is 0 Å². The molecule has 0 bridgehead atoms. The first-order chi connectivity index (χ1) is 11.2. The van der Waals surface area contributed by atoms with E-state index in [1.807, 2.05) is 12.3 Å². The van der Waals surface area contributed by atoms with Gasteiger partial charge in [0.25, 0.3) is 0 Å². The molecule has 0 N–H and O–H groups in total. The first kappa shape index (κ1) is 16.1. The van der Waals surface area contributed by atoms with Crippen LogP contribution in [0.4, 0.5) is 8.78 Å². The van der Waals surface area contributed by atoms with Crippen molar-refractivity contribution in [2.75, 3.05) is 13.1 Å². The van der Waals surface area contributed by atoms with E-state index in [2.05, 4.69) is 16.0 Å². The van der Waals surface area contributed by atoms with Crippen LogP contribution < -0.4 is 0 Å². The Morgan fingerprint density at radius 2 is 1.96 bits per heavy atom. The maximum Gasteiger partial charge on any atom is 0.129 e. The van der Waals surface area contributed by atoms with Crippen LogP contribution in [0.3, 0.4) is 0 Å². The summed E-state index contributed by atoms with van der Waals surface area (Å²) < 4.78 is 27.4. The van der Waals surface area contributed by atoms with Crippen LogP contribution in [-0.2, 0) is 13.0 Å². The maximum atomic E-state index is 13.7. The maximum absolute atomic E-state index is 13.7. The van der Waals surface area contributed by atoms with Crippen LogP contribution in [0.2, 0.25) is 0 Å². The lowest BCUT2D eigenvalue weighted by molar-refractivity contribution is 0.161. The van der Waals surface area contributed by atoms with E-state index in [9.17, 15) is 8.78 Å². The molecule has 0 spiro atoms. The zero-order chi connectivity index (χ0) is 16.1. The third-order valence-electron chi connectivity index (χ3n) is 4.60. The van der Waals surface area contributed by atoms with Crippen molar-refractivity contribution in [1.29, 1.82) is 0 Å². The highest BCUT2D eigenvalue weighted by atomic mass is 19.1. The average Bonchev–Trinajstić information content (AvgIpc) is 2.56. The van der Waals surface area contributed by atoms with E-state index in [4.69, 9.17) is 0 Å². The zero-order valence-corrected chi connectivity index (χ0v) is 13.2. The van der Waals surface area contributed by atoms with Crippen LogP contribution >= 0.6 is 0 Å². The van der Waals surface area contributed by atoms with Gasteiger partial charge in [-0.15, -0.1) is 0 Å². The largest absolute Gasteiger partial charge is 0.299 e. The minimum absolute atomic E-state index is 0.233. The van der Waals surface area contributed by atoms with Gasteiger partial charge in [0.2, 0.25) is 0 Å². The summed E-state index contributed by atoms with van der Waals surface area (Å²) in [5.41, 5.74) is 1.45. The van der Waals surface area contributed by atoms with E-state index in [1.54, 1.807) is 6.20 Å². The lowest BCUT2D eigenvalue weighted by atomic mass is 9.91. The molecule has 1 saturated heterocycles. The Morgan fingerprint density at radius 1 is 1.13 bits per heavy atom. The van der Waals surface area contributed by atoms with Gasteiger partial charge in [-0.1, -0.05) is 12.1 Å². The Bertz CT molecular complexity index is 610. The standard InChI is InChI=1S/C19H22F2N2/c20-18-6-1-7-19(21)17(18)9-8-15-5-3-11-23(13-15)14-16-4-2-10-22-12-16/h1-2,4,6-7,10,12,15H,3,5,8-9,11,13-14H2/t15-/m1/s1. The van der Waals surface area contributed by atoms with Gasteiger partial charge in [0.1, 0.15) is 11.6 Å². The van der Waals surface area contributed by atoms with Gasteiger partial charge in [-0.05, 0) is 61.9 Å². The molecule has 1 aliphatic heterocycles. The predicted molar refractivity (Wildman–Crippen MR) is 86.9 cm³/mol. The molecule has 3 rings (SSSR count). The number of pyridine rings is 1. The minimum atomic E-state index is -0.423. The summed E-state index contributed by atoms with van der Waals surface area (Å²) in [6.45, 7) is 2.98. The number of likely N-dealkylation sites (tertiary alicyclic amines) is 1. The molecule has 1 atom stereocenters. The van der Waals surface area contributed by atoms with Gasteiger partial charge in [-0.2, -0.15) is 0 Å². The molecule has 4 heteroatoms. The van der Waals surface area contributed by atoms with Gasteiger partial charge in [0.15, 0.2) is 0 Å². The van der Waals surface area contributed by atoms with Gasteiger partial charge in [0, 0.05) is 31.0 Å². The third kappa shape index (κ3) is 4.35. The fourth-order valence-electron chi connectivity index (χ4n) is 3.40. The summed E-state index contributed by atoms with van der Waals surface area (Å²) in [5, 5.41) is 0. The molecule has 2 nitrogen and oxygen atoms in total. The van der Waals surface area contributed by atoms with Crippen molar-refractivity contribution >= 4 is 0 Å². The molecule has 1 aliphatic rings. The summed E-state index contributed by atoms with van der Waals surface area (Å²) in [6.07, 6.45) is 7.28. The number of aromatic nitrogens is 1. The van der Waals surface area contributed by atoms with Crippen molar-refractivity contribution in [2.24, 2.45) is 5.92 Å². The molecule has 0 unspecified atom stereocenters. The zero-order valence-electron chi connectivity index (χ0n) is 13.2. The summed E-state index contributed by atoms with van der Waals surface area (Å²) in [7, 11) is 0. The molecule has 0 aliphatic carbocycles. The van der Waals surface area contributed by atoms with Gasteiger partial charge in [-0.3, -0.25) is 9.88 Å². The second-order valence-electron chi connectivity index (χ2n) is 6.34. The number of hydrogen-bond acceptors (Lipinski definition) is 2. The molecular weight excluding hydrogens is 294 g/mol. The average molecular weight is 316 g/mol. The number of hydrogen-bond donors (Lipinski definition) is 0. The van der Waals surface area contributed by atoms with Gasteiger partial charge in [0.05, 0.1) is 0 Å². The highest BCUT2D eigenvalue weighted by Gasteiger charge is 2.21. The molecule has 2 heterocycles. The van der Waals surface area contributed by atoms with Crippen molar-refractivity contribution in [3.63, 3.8) is 0 Å². The molecule has 0 radical (unpaired) electrons. The highest BCUT2D eigenvalue weighted by molar-refractivity contribution is 5.19. The Kier molecular flexibility index (Phi) is 5.34. The van der Waals surface area contributed by atoms with Gasteiger partial charge >= 0.3 is 0 Å². The highest BCUT2D eigenvalue weighted by Crippen LogP contribution is 2.24. The molecule has 1 aromatic heterocycles. The molecule has 0 amide bonds. The molecule has 0 saturated carbocycles. The second kappa shape index (κ2) is 7.64. The first-order valence-corrected chi connectivity index (χ1v) is 8.26.